The summed E-state index contributed by atoms with van der Waals surface area (Å²) in [5.74, 6) is -2.39. The van der Waals surface area contributed by atoms with Crippen LogP contribution >= 0.6 is 0 Å². The number of aryl methyl sites for hydroxylation is 1. The van der Waals surface area contributed by atoms with E-state index < -0.39 is 30.4 Å². The van der Waals surface area contributed by atoms with Crippen LogP contribution in [0, 0.1) is 0 Å². The molecule has 0 aliphatic heterocycles. The van der Waals surface area contributed by atoms with Crippen LogP contribution in [0.1, 0.15) is 12.2 Å². The number of aliphatic carboxylic acids is 2. The Hall–Kier alpha value is -2.65. The van der Waals surface area contributed by atoms with Crippen LogP contribution in [-0.2, 0) is 23.2 Å². The zero-order valence-electron chi connectivity index (χ0n) is 10.0. The predicted molar refractivity (Wildman–Crippen MR) is 60.1 cm³/mol. The summed E-state index contributed by atoms with van der Waals surface area (Å²) in [6.07, 6.45) is 0.740. The molecule has 4 N–H and O–H groups in total. The Morgan fingerprint density at radius 1 is 1.42 bits per heavy atom. The lowest BCUT2D eigenvalue weighted by molar-refractivity contribution is -0.145. The minimum atomic E-state index is -1.49. The summed E-state index contributed by atoms with van der Waals surface area (Å²) in [7, 11) is 1.66. The van der Waals surface area contributed by atoms with E-state index in [0.717, 1.165) is 0 Å². The molecule has 0 spiro atoms. The fraction of sp³-hybridized carbons (Fsp3) is 0.444. The molecule has 1 atom stereocenters. The number of amides is 2. The van der Waals surface area contributed by atoms with Crippen molar-refractivity contribution in [2.45, 2.75) is 19.0 Å². The van der Waals surface area contributed by atoms with Gasteiger partial charge in [-0.15, -0.1) is 0 Å². The summed E-state index contributed by atoms with van der Waals surface area (Å²) >= 11 is 0. The number of carboxylic acids is 2. The van der Waals surface area contributed by atoms with Crippen LogP contribution < -0.4 is 10.6 Å². The number of aromatic nitrogens is 3. The molecule has 2 amide bonds. The first kappa shape index (κ1) is 14.4. The molecule has 0 saturated heterocycles. The van der Waals surface area contributed by atoms with Crippen molar-refractivity contribution in [2.75, 3.05) is 0 Å². The van der Waals surface area contributed by atoms with Crippen molar-refractivity contribution >= 4 is 18.0 Å². The SMILES string of the molecule is Cn1cnc(CNC(=O)NC(CC(=O)O)C(=O)O)n1. The van der Waals surface area contributed by atoms with Crippen molar-refractivity contribution in [1.82, 2.24) is 25.4 Å². The van der Waals surface area contributed by atoms with Crippen molar-refractivity contribution in [1.29, 1.82) is 0 Å². The molecule has 1 heterocycles. The maximum absolute atomic E-state index is 11.4. The summed E-state index contributed by atoms with van der Waals surface area (Å²) in [6, 6.07) is -2.30. The largest absolute Gasteiger partial charge is 0.481 e. The highest BCUT2D eigenvalue weighted by molar-refractivity contribution is 5.86. The minimum Gasteiger partial charge on any atom is -0.481 e. The zero-order chi connectivity index (χ0) is 14.4. The smallest absolute Gasteiger partial charge is 0.326 e. The molecule has 0 fully saturated rings. The van der Waals surface area contributed by atoms with E-state index in [1.54, 1.807) is 7.05 Å². The van der Waals surface area contributed by atoms with Crippen LogP contribution in [0.4, 0.5) is 4.79 Å². The van der Waals surface area contributed by atoms with Gasteiger partial charge in [0.05, 0.1) is 13.0 Å². The topological polar surface area (TPSA) is 146 Å². The van der Waals surface area contributed by atoms with E-state index in [1.807, 2.05) is 5.32 Å². The van der Waals surface area contributed by atoms with Gasteiger partial charge in [0.2, 0.25) is 0 Å². The fourth-order valence-electron chi connectivity index (χ4n) is 1.21. The number of carboxylic acid groups (broad SMARTS) is 2. The number of carbonyl (C=O) groups is 3. The van der Waals surface area contributed by atoms with Gasteiger partial charge in [-0.3, -0.25) is 9.48 Å². The summed E-state index contributed by atoms with van der Waals surface area (Å²) in [5, 5.41) is 25.5. The Labute approximate surface area is 107 Å². The van der Waals surface area contributed by atoms with E-state index in [0.29, 0.717) is 5.82 Å². The molecule has 10 nitrogen and oxygen atoms in total. The summed E-state index contributed by atoms with van der Waals surface area (Å²) < 4.78 is 1.44. The molecule has 10 heteroatoms. The molecular weight excluding hydrogens is 258 g/mol. The van der Waals surface area contributed by atoms with Gasteiger partial charge in [-0.25, -0.2) is 14.6 Å². The van der Waals surface area contributed by atoms with Crippen LogP contribution in [0.3, 0.4) is 0 Å². The lowest BCUT2D eigenvalue weighted by Gasteiger charge is -2.12. The van der Waals surface area contributed by atoms with Crippen LogP contribution in [0.25, 0.3) is 0 Å². The van der Waals surface area contributed by atoms with Crippen LogP contribution in [0.2, 0.25) is 0 Å². The van der Waals surface area contributed by atoms with E-state index in [1.165, 1.54) is 11.0 Å². The summed E-state index contributed by atoms with van der Waals surface area (Å²) in [4.78, 5) is 36.4. The van der Waals surface area contributed by atoms with Crippen molar-refractivity contribution in [3.05, 3.63) is 12.2 Å². The number of rotatable bonds is 6. The molecule has 0 radical (unpaired) electrons. The average molecular weight is 271 g/mol. The zero-order valence-corrected chi connectivity index (χ0v) is 10.0. The molecule has 19 heavy (non-hydrogen) atoms. The molecule has 1 aromatic rings. The molecular formula is C9H13N5O5. The lowest BCUT2D eigenvalue weighted by Crippen LogP contribution is -2.46. The molecule has 1 unspecified atom stereocenters. The first-order valence-corrected chi connectivity index (χ1v) is 5.22. The molecule has 0 aliphatic carbocycles. The van der Waals surface area contributed by atoms with Crippen LogP contribution in [0.5, 0.6) is 0 Å². The third-order valence-electron chi connectivity index (χ3n) is 2.04. The van der Waals surface area contributed by atoms with Crippen molar-refractivity contribution in [3.63, 3.8) is 0 Å². The quantitative estimate of drug-likeness (QED) is 0.494. The highest BCUT2D eigenvalue weighted by Gasteiger charge is 2.22. The number of hydrogen-bond acceptors (Lipinski definition) is 5. The van der Waals surface area contributed by atoms with Gasteiger partial charge in [-0.2, -0.15) is 5.10 Å². The van der Waals surface area contributed by atoms with E-state index in [9.17, 15) is 14.4 Å². The molecule has 1 aromatic heterocycles. The van der Waals surface area contributed by atoms with Gasteiger partial charge in [0.25, 0.3) is 0 Å². The van der Waals surface area contributed by atoms with Crippen molar-refractivity contribution < 1.29 is 24.6 Å². The number of nitrogens with zero attached hydrogens (tertiary/aromatic N) is 3. The highest BCUT2D eigenvalue weighted by Crippen LogP contribution is 1.93. The Balaban J connectivity index is 2.44. The monoisotopic (exact) mass is 271 g/mol. The van der Waals surface area contributed by atoms with Crippen LogP contribution in [0.15, 0.2) is 6.33 Å². The van der Waals surface area contributed by atoms with Gasteiger partial charge < -0.3 is 20.8 Å². The lowest BCUT2D eigenvalue weighted by atomic mass is 10.2. The van der Waals surface area contributed by atoms with E-state index in [2.05, 4.69) is 15.4 Å². The molecule has 0 aliphatic rings. The third kappa shape index (κ3) is 5.02. The number of nitrogens with one attached hydrogen (secondary N) is 2. The normalized spacial score (nSPS) is 11.6. The number of urea groups is 1. The van der Waals surface area contributed by atoms with Crippen molar-refractivity contribution in [3.8, 4) is 0 Å². The second-order valence-corrected chi connectivity index (χ2v) is 3.65. The third-order valence-corrected chi connectivity index (χ3v) is 2.04. The molecule has 1 rings (SSSR count). The highest BCUT2D eigenvalue weighted by atomic mass is 16.4. The van der Waals surface area contributed by atoms with E-state index >= 15 is 0 Å². The van der Waals surface area contributed by atoms with Gasteiger partial charge in [0.1, 0.15) is 12.4 Å². The number of hydrogen-bond donors (Lipinski definition) is 4. The maximum atomic E-state index is 11.4. The van der Waals surface area contributed by atoms with Gasteiger partial charge in [0.15, 0.2) is 5.82 Å². The Kier molecular flexibility index (Phi) is 4.80. The minimum absolute atomic E-state index is 0.00604. The predicted octanol–water partition coefficient (Wildman–Crippen LogP) is -1.46. The van der Waals surface area contributed by atoms with E-state index in [4.69, 9.17) is 10.2 Å². The standard InChI is InChI=1S/C9H13N5O5/c1-14-4-11-6(13-14)3-10-9(19)12-5(8(17)18)2-7(15)16/h4-5H,2-3H2,1H3,(H,15,16)(H,17,18)(H2,10,12,19). The second kappa shape index (κ2) is 6.33. The molecule has 0 bridgehead atoms. The summed E-state index contributed by atoms with van der Waals surface area (Å²) in [6.45, 7) is 0.00604. The maximum Gasteiger partial charge on any atom is 0.326 e. The Morgan fingerprint density at radius 2 is 2.11 bits per heavy atom. The van der Waals surface area contributed by atoms with Crippen LogP contribution in [-0.4, -0.2) is 49.0 Å². The average Bonchev–Trinajstić information content (AvgIpc) is 2.71. The van der Waals surface area contributed by atoms with Gasteiger partial charge in [0, 0.05) is 7.05 Å². The Morgan fingerprint density at radius 3 is 2.58 bits per heavy atom. The van der Waals surface area contributed by atoms with Gasteiger partial charge >= 0.3 is 18.0 Å². The molecule has 0 saturated carbocycles. The summed E-state index contributed by atoms with van der Waals surface area (Å²) in [5.41, 5.74) is 0. The first-order chi connectivity index (χ1) is 8.88. The Bertz CT molecular complexity index is 485. The molecule has 104 valence electrons. The number of carbonyl (C=O) groups excluding carboxylic acids is 1. The second-order valence-electron chi connectivity index (χ2n) is 3.65. The first-order valence-electron chi connectivity index (χ1n) is 5.22. The van der Waals surface area contributed by atoms with E-state index in [-0.39, 0.29) is 6.54 Å². The molecule has 0 aromatic carbocycles. The fourth-order valence-corrected chi connectivity index (χ4v) is 1.21. The van der Waals surface area contributed by atoms with Gasteiger partial charge in [-0.1, -0.05) is 0 Å². The van der Waals surface area contributed by atoms with Crippen molar-refractivity contribution in [2.24, 2.45) is 7.05 Å². The van der Waals surface area contributed by atoms with Gasteiger partial charge in [-0.05, 0) is 0 Å².